The van der Waals surface area contributed by atoms with E-state index in [0.29, 0.717) is 12.7 Å². The highest BCUT2D eigenvalue weighted by molar-refractivity contribution is 9.10. The minimum Gasteiger partial charge on any atom is -0.373 e. The highest BCUT2D eigenvalue weighted by Crippen LogP contribution is 2.27. The van der Waals surface area contributed by atoms with Crippen molar-refractivity contribution in [2.24, 2.45) is 0 Å². The Kier molecular flexibility index (Phi) is 3.48. The van der Waals surface area contributed by atoms with Crippen molar-refractivity contribution >= 4 is 15.9 Å². The largest absolute Gasteiger partial charge is 0.373 e. The van der Waals surface area contributed by atoms with Gasteiger partial charge in [0, 0.05) is 4.47 Å². The molecule has 1 unspecified atom stereocenters. The van der Waals surface area contributed by atoms with Crippen LogP contribution in [0.3, 0.4) is 0 Å². The molecular weight excluding hydrogens is 288 g/mol. The van der Waals surface area contributed by atoms with Crippen molar-refractivity contribution in [3.63, 3.8) is 0 Å². The zero-order valence-electron chi connectivity index (χ0n) is 10.1. The predicted octanol–water partition coefficient (Wildman–Crippen LogP) is 4.13. The molecule has 0 bridgehead atoms. The zero-order valence-corrected chi connectivity index (χ0v) is 11.7. The Bertz CT molecular complexity index is 536. The molecule has 1 aliphatic carbocycles. The van der Waals surface area contributed by atoms with E-state index in [0.717, 1.165) is 17.3 Å². The lowest BCUT2D eigenvalue weighted by atomic mass is 10.1. The molecule has 0 heterocycles. The summed E-state index contributed by atoms with van der Waals surface area (Å²) in [6.45, 7) is 0.709. The standard InChI is InChI=1S/C16H15BrO/c17-15-7-6-13-9-16(10-14(13)8-15)18-11-12-4-2-1-3-5-12/h1-8,16H,9-11H2. The molecule has 92 valence electrons. The van der Waals surface area contributed by atoms with Crippen molar-refractivity contribution < 1.29 is 4.74 Å². The summed E-state index contributed by atoms with van der Waals surface area (Å²) >= 11 is 3.52. The van der Waals surface area contributed by atoms with E-state index in [-0.39, 0.29) is 0 Å². The second-order valence-electron chi connectivity index (χ2n) is 4.74. The van der Waals surface area contributed by atoms with Gasteiger partial charge in [-0.1, -0.05) is 52.3 Å². The average Bonchev–Trinajstić information content (AvgIpc) is 2.79. The summed E-state index contributed by atoms with van der Waals surface area (Å²) in [5.74, 6) is 0. The lowest BCUT2D eigenvalue weighted by molar-refractivity contribution is 0.0479. The van der Waals surface area contributed by atoms with Gasteiger partial charge in [-0.25, -0.2) is 0 Å². The van der Waals surface area contributed by atoms with Crippen molar-refractivity contribution in [3.05, 3.63) is 69.7 Å². The van der Waals surface area contributed by atoms with Gasteiger partial charge < -0.3 is 4.74 Å². The third-order valence-electron chi connectivity index (χ3n) is 3.39. The van der Waals surface area contributed by atoms with Crippen LogP contribution in [0.4, 0.5) is 0 Å². The highest BCUT2D eigenvalue weighted by atomic mass is 79.9. The van der Waals surface area contributed by atoms with Crippen molar-refractivity contribution in [1.82, 2.24) is 0 Å². The Morgan fingerprint density at radius 1 is 1.00 bits per heavy atom. The molecule has 0 spiro atoms. The Hall–Kier alpha value is -1.12. The molecule has 1 atom stereocenters. The van der Waals surface area contributed by atoms with Crippen molar-refractivity contribution in [1.29, 1.82) is 0 Å². The normalized spacial score (nSPS) is 17.7. The van der Waals surface area contributed by atoms with Crippen LogP contribution in [0, 0.1) is 0 Å². The third-order valence-corrected chi connectivity index (χ3v) is 3.89. The minimum absolute atomic E-state index is 0.328. The molecule has 1 nitrogen and oxygen atoms in total. The van der Waals surface area contributed by atoms with E-state index in [4.69, 9.17) is 4.74 Å². The number of hydrogen-bond acceptors (Lipinski definition) is 1. The van der Waals surface area contributed by atoms with Gasteiger partial charge in [0.2, 0.25) is 0 Å². The highest BCUT2D eigenvalue weighted by Gasteiger charge is 2.21. The Labute approximate surface area is 116 Å². The maximum atomic E-state index is 6.00. The summed E-state index contributed by atoms with van der Waals surface area (Å²) in [5, 5.41) is 0. The Morgan fingerprint density at radius 3 is 2.61 bits per heavy atom. The van der Waals surface area contributed by atoms with Gasteiger partial charge in [0.05, 0.1) is 12.7 Å². The van der Waals surface area contributed by atoms with Gasteiger partial charge in [-0.05, 0) is 41.7 Å². The molecule has 0 amide bonds. The van der Waals surface area contributed by atoms with Crippen LogP contribution in [-0.4, -0.2) is 6.10 Å². The number of rotatable bonds is 3. The van der Waals surface area contributed by atoms with Crippen LogP contribution in [0.5, 0.6) is 0 Å². The fourth-order valence-electron chi connectivity index (χ4n) is 2.45. The molecule has 1 aliphatic rings. The van der Waals surface area contributed by atoms with Gasteiger partial charge >= 0.3 is 0 Å². The Morgan fingerprint density at radius 2 is 1.78 bits per heavy atom. The monoisotopic (exact) mass is 302 g/mol. The van der Waals surface area contributed by atoms with Crippen LogP contribution < -0.4 is 0 Å². The fourth-order valence-corrected chi connectivity index (χ4v) is 2.86. The second-order valence-corrected chi connectivity index (χ2v) is 5.66. The van der Waals surface area contributed by atoms with Crippen LogP contribution in [0.1, 0.15) is 16.7 Å². The van der Waals surface area contributed by atoms with Crippen molar-refractivity contribution in [3.8, 4) is 0 Å². The van der Waals surface area contributed by atoms with Crippen LogP contribution in [0.15, 0.2) is 53.0 Å². The molecule has 0 radical (unpaired) electrons. The molecule has 2 aromatic carbocycles. The third kappa shape index (κ3) is 2.65. The smallest absolute Gasteiger partial charge is 0.0720 e. The molecule has 0 aromatic heterocycles. The second kappa shape index (κ2) is 5.25. The van der Waals surface area contributed by atoms with E-state index in [2.05, 4.69) is 58.4 Å². The average molecular weight is 303 g/mol. The number of hydrogen-bond donors (Lipinski definition) is 0. The summed E-state index contributed by atoms with van der Waals surface area (Å²) < 4.78 is 7.15. The van der Waals surface area contributed by atoms with E-state index in [1.807, 2.05) is 6.07 Å². The van der Waals surface area contributed by atoms with E-state index >= 15 is 0 Å². The van der Waals surface area contributed by atoms with Gasteiger partial charge in [-0.3, -0.25) is 0 Å². The Balaban J connectivity index is 1.61. The lowest BCUT2D eigenvalue weighted by Crippen LogP contribution is -2.12. The number of halogens is 1. The number of benzene rings is 2. The zero-order chi connectivity index (χ0) is 12.4. The molecule has 18 heavy (non-hydrogen) atoms. The minimum atomic E-state index is 0.328. The topological polar surface area (TPSA) is 9.23 Å². The van der Waals surface area contributed by atoms with Crippen LogP contribution >= 0.6 is 15.9 Å². The first kappa shape index (κ1) is 11.9. The maximum Gasteiger partial charge on any atom is 0.0720 e. The molecule has 2 aromatic rings. The lowest BCUT2D eigenvalue weighted by Gasteiger charge is -2.10. The number of fused-ring (bicyclic) bond motifs is 1. The summed E-state index contributed by atoms with van der Waals surface area (Å²) in [4.78, 5) is 0. The molecule has 0 aliphatic heterocycles. The van der Waals surface area contributed by atoms with Gasteiger partial charge in [0.25, 0.3) is 0 Å². The van der Waals surface area contributed by atoms with E-state index in [1.54, 1.807) is 0 Å². The fraction of sp³-hybridized carbons (Fsp3) is 0.250. The first-order chi connectivity index (χ1) is 8.81. The molecule has 0 N–H and O–H groups in total. The summed E-state index contributed by atoms with van der Waals surface area (Å²) in [7, 11) is 0. The SMILES string of the molecule is Brc1ccc2c(c1)CC(OCc1ccccc1)C2. The van der Waals surface area contributed by atoms with E-state index < -0.39 is 0 Å². The van der Waals surface area contributed by atoms with Gasteiger partial charge in [0.15, 0.2) is 0 Å². The van der Waals surface area contributed by atoms with E-state index in [1.165, 1.54) is 16.7 Å². The first-order valence-electron chi connectivity index (χ1n) is 6.24. The molecule has 0 saturated heterocycles. The van der Waals surface area contributed by atoms with Crippen molar-refractivity contribution in [2.45, 2.75) is 25.6 Å². The quantitative estimate of drug-likeness (QED) is 0.828. The number of ether oxygens (including phenoxy) is 1. The predicted molar refractivity (Wildman–Crippen MR) is 76.6 cm³/mol. The van der Waals surface area contributed by atoms with Crippen LogP contribution in [0.2, 0.25) is 0 Å². The van der Waals surface area contributed by atoms with E-state index in [9.17, 15) is 0 Å². The summed E-state index contributed by atoms with van der Waals surface area (Å²) in [5.41, 5.74) is 4.09. The molecule has 3 rings (SSSR count). The van der Waals surface area contributed by atoms with Gasteiger partial charge in [0.1, 0.15) is 0 Å². The van der Waals surface area contributed by atoms with Gasteiger partial charge in [-0.2, -0.15) is 0 Å². The maximum absolute atomic E-state index is 6.00. The van der Waals surface area contributed by atoms with Gasteiger partial charge in [-0.15, -0.1) is 0 Å². The molecule has 0 fully saturated rings. The van der Waals surface area contributed by atoms with Crippen LogP contribution in [-0.2, 0) is 24.2 Å². The molecule has 0 saturated carbocycles. The van der Waals surface area contributed by atoms with Crippen LogP contribution in [0.25, 0.3) is 0 Å². The first-order valence-corrected chi connectivity index (χ1v) is 7.03. The molecular formula is C16H15BrO. The van der Waals surface area contributed by atoms with Crippen molar-refractivity contribution in [2.75, 3.05) is 0 Å². The summed E-state index contributed by atoms with van der Waals surface area (Å²) in [6, 6.07) is 16.9. The molecule has 2 heteroatoms. The summed E-state index contributed by atoms with van der Waals surface area (Å²) in [6.07, 6.45) is 2.39.